The molecule has 1 heterocycles. The first kappa shape index (κ1) is 26.0. The number of amides is 2. The summed E-state index contributed by atoms with van der Waals surface area (Å²) in [7, 11) is 3.39. The third-order valence-electron chi connectivity index (χ3n) is 5.77. The lowest BCUT2D eigenvalue weighted by molar-refractivity contribution is -0.138. The van der Waals surface area contributed by atoms with Crippen molar-refractivity contribution in [2.24, 2.45) is 0 Å². The molecular formula is C28H26F3N3O3. The molecule has 0 saturated carbocycles. The van der Waals surface area contributed by atoms with Gasteiger partial charge in [0.25, 0.3) is 5.91 Å². The Morgan fingerprint density at radius 3 is 2.32 bits per heavy atom. The fraction of sp³-hybridized carbons (Fsp3) is 0.214. The van der Waals surface area contributed by atoms with E-state index in [1.54, 1.807) is 86.6 Å². The van der Waals surface area contributed by atoms with Crippen LogP contribution < -0.4 is 10.2 Å². The van der Waals surface area contributed by atoms with Gasteiger partial charge >= 0.3 is 12.3 Å². The number of alkyl halides is 3. The van der Waals surface area contributed by atoms with Gasteiger partial charge in [0.15, 0.2) is 0 Å². The quantitative estimate of drug-likeness (QED) is 0.398. The van der Waals surface area contributed by atoms with Crippen LogP contribution in [0.2, 0.25) is 0 Å². The van der Waals surface area contributed by atoms with Crippen LogP contribution in [-0.4, -0.2) is 37.6 Å². The van der Waals surface area contributed by atoms with Crippen molar-refractivity contribution in [3.05, 3.63) is 95.1 Å². The van der Waals surface area contributed by atoms with Gasteiger partial charge in [0.05, 0.1) is 29.1 Å². The van der Waals surface area contributed by atoms with Crippen molar-refractivity contribution in [1.82, 2.24) is 4.90 Å². The van der Waals surface area contributed by atoms with E-state index in [1.165, 1.54) is 6.07 Å². The molecule has 3 aromatic carbocycles. The molecule has 1 aliphatic rings. The predicted octanol–water partition coefficient (Wildman–Crippen LogP) is 6.25. The van der Waals surface area contributed by atoms with E-state index in [2.05, 4.69) is 5.32 Å². The van der Waals surface area contributed by atoms with E-state index >= 15 is 0 Å². The topological polar surface area (TPSA) is 61.9 Å². The fourth-order valence-electron chi connectivity index (χ4n) is 4.25. The van der Waals surface area contributed by atoms with Crippen LogP contribution >= 0.6 is 0 Å². The molecule has 37 heavy (non-hydrogen) atoms. The molecule has 0 saturated heterocycles. The first-order valence-corrected chi connectivity index (χ1v) is 11.6. The predicted molar refractivity (Wildman–Crippen MR) is 137 cm³/mol. The average molecular weight is 510 g/mol. The minimum Gasteiger partial charge on any atom is -0.449 e. The number of rotatable bonds is 6. The smallest absolute Gasteiger partial charge is 0.421 e. The molecule has 9 heteroatoms. The lowest BCUT2D eigenvalue weighted by Gasteiger charge is -2.20. The van der Waals surface area contributed by atoms with E-state index < -0.39 is 23.7 Å². The first-order valence-electron chi connectivity index (χ1n) is 11.6. The maximum atomic E-state index is 13.9. The van der Waals surface area contributed by atoms with Crippen molar-refractivity contribution in [3.8, 4) is 0 Å². The maximum absolute atomic E-state index is 13.9. The van der Waals surface area contributed by atoms with E-state index in [0.29, 0.717) is 16.8 Å². The number of nitrogens with zero attached hydrogens (tertiary/aromatic N) is 2. The molecule has 0 spiro atoms. The highest BCUT2D eigenvalue weighted by Gasteiger charge is 2.40. The van der Waals surface area contributed by atoms with Gasteiger partial charge in [-0.3, -0.25) is 4.79 Å². The number of carbonyl (C=O) groups is 2. The van der Waals surface area contributed by atoms with E-state index in [9.17, 15) is 22.8 Å². The number of carbonyl (C=O) groups excluding carboxylic acids is 2. The Bertz CT molecular complexity index is 1350. The van der Waals surface area contributed by atoms with Gasteiger partial charge in [-0.2, -0.15) is 13.2 Å². The van der Waals surface area contributed by atoms with Gasteiger partial charge in [-0.05, 0) is 50.3 Å². The molecule has 6 nitrogen and oxygen atoms in total. The van der Waals surface area contributed by atoms with Gasteiger partial charge in [0.2, 0.25) is 0 Å². The van der Waals surface area contributed by atoms with Gasteiger partial charge < -0.3 is 15.0 Å². The van der Waals surface area contributed by atoms with Gasteiger partial charge in [0, 0.05) is 17.8 Å². The summed E-state index contributed by atoms with van der Waals surface area (Å²) >= 11 is 0. The van der Waals surface area contributed by atoms with Crippen molar-refractivity contribution in [2.75, 3.05) is 30.9 Å². The Morgan fingerprint density at radius 2 is 1.68 bits per heavy atom. The molecule has 4 rings (SSSR count). The Kier molecular flexibility index (Phi) is 7.35. The molecule has 0 atom stereocenters. The number of nitrogens with one attached hydrogen (secondary N) is 1. The zero-order valence-electron chi connectivity index (χ0n) is 20.6. The number of halogens is 3. The molecule has 0 bridgehead atoms. The van der Waals surface area contributed by atoms with Crippen LogP contribution in [0.15, 0.2) is 72.8 Å². The highest BCUT2D eigenvalue weighted by atomic mass is 19.4. The Morgan fingerprint density at radius 1 is 1.00 bits per heavy atom. The number of imide groups is 1. The van der Waals surface area contributed by atoms with Crippen LogP contribution in [0.25, 0.3) is 11.3 Å². The molecule has 1 aliphatic heterocycles. The van der Waals surface area contributed by atoms with Crippen LogP contribution in [0.5, 0.6) is 0 Å². The zero-order valence-corrected chi connectivity index (χ0v) is 20.6. The third kappa shape index (κ3) is 5.36. The fourth-order valence-corrected chi connectivity index (χ4v) is 4.25. The third-order valence-corrected chi connectivity index (χ3v) is 5.77. The number of benzene rings is 3. The second kappa shape index (κ2) is 10.5. The summed E-state index contributed by atoms with van der Waals surface area (Å²) < 4.78 is 46.9. The minimum atomic E-state index is -4.57. The van der Waals surface area contributed by atoms with Crippen LogP contribution in [0, 0.1) is 0 Å². The second-order valence-electron chi connectivity index (χ2n) is 8.71. The molecule has 3 aromatic rings. The van der Waals surface area contributed by atoms with E-state index in [1.807, 2.05) is 0 Å². The number of ether oxygens (including phenoxy) is 1. The van der Waals surface area contributed by atoms with Crippen molar-refractivity contribution in [1.29, 1.82) is 0 Å². The standard InChI is InChI=1S/C28H26F3N3O3/c1-4-37-27(36)34-23-13-9-8-12-21(23)24(26(34)35)25(18-10-6-5-7-11-18)32-20-15-14-19(17-33(2)3)22(16-20)28(29,30)31/h5-16,32H,4,17H2,1-3H3/b25-24-. The molecule has 1 N–H and O–H groups in total. The number of hydrogen-bond acceptors (Lipinski definition) is 5. The number of hydrogen-bond donors (Lipinski definition) is 1. The van der Waals surface area contributed by atoms with Crippen LogP contribution in [-0.2, 0) is 22.3 Å². The van der Waals surface area contributed by atoms with Crippen LogP contribution in [0.1, 0.15) is 29.2 Å². The molecule has 192 valence electrons. The molecule has 0 fully saturated rings. The Labute approximate surface area is 213 Å². The lowest BCUT2D eigenvalue weighted by Crippen LogP contribution is -2.34. The van der Waals surface area contributed by atoms with Crippen molar-refractivity contribution in [2.45, 2.75) is 19.6 Å². The van der Waals surface area contributed by atoms with E-state index in [0.717, 1.165) is 11.0 Å². The molecule has 2 amide bonds. The SMILES string of the molecule is CCOC(=O)N1C(=O)/C(=C(\Nc2ccc(CN(C)C)c(C(F)(F)F)c2)c2ccccc2)c2ccccc21. The van der Waals surface area contributed by atoms with E-state index in [-0.39, 0.29) is 35.7 Å². The minimum absolute atomic E-state index is 0.0765. The monoisotopic (exact) mass is 509 g/mol. The largest absolute Gasteiger partial charge is 0.449 e. The summed E-state index contributed by atoms with van der Waals surface area (Å²) in [6.07, 6.45) is -5.39. The van der Waals surface area contributed by atoms with E-state index in [4.69, 9.17) is 4.74 Å². The summed E-state index contributed by atoms with van der Waals surface area (Å²) in [6, 6.07) is 19.5. The molecule has 0 radical (unpaired) electrons. The summed E-state index contributed by atoms with van der Waals surface area (Å²) in [5.74, 6) is -0.633. The highest BCUT2D eigenvalue weighted by Crippen LogP contribution is 2.42. The van der Waals surface area contributed by atoms with Gasteiger partial charge in [-0.1, -0.05) is 54.6 Å². The van der Waals surface area contributed by atoms with Crippen molar-refractivity contribution in [3.63, 3.8) is 0 Å². The summed E-state index contributed by atoms with van der Waals surface area (Å²) in [4.78, 5) is 28.9. The lowest BCUT2D eigenvalue weighted by atomic mass is 9.99. The van der Waals surface area contributed by atoms with Crippen LogP contribution in [0.3, 0.4) is 0 Å². The average Bonchev–Trinajstić information content (AvgIpc) is 3.14. The molecule has 0 unspecified atom stereocenters. The molecule has 0 aromatic heterocycles. The van der Waals surface area contributed by atoms with Crippen LogP contribution in [0.4, 0.5) is 29.3 Å². The normalized spacial score (nSPS) is 14.6. The number of anilines is 2. The Hall–Kier alpha value is -4.11. The van der Waals surface area contributed by atoms with Crippen molar-refractivity contribution < 1.29 is 27.5 Å². The molecule has 0 aliphatic carbocycles. The maximum Gasteiger partial charge on any atom is 0.421 e. The number of fused-ring (bicyclic) bond motifs is 1. The zero-order chi connectivity index (χ0) is 26.7. The molecular weight excluding hydrogens is 483 g/mol. The summed E-state index contributed by atoms with van der Waals surface area (Å²) in [5, 5.41) is 3.06. The number of para-hydroxylation sites is 1. The Balaban J connectivity index is 1.89. The van der Waals surface area contributed by atoms with Gasteiger partial charge in [-0.15, -0.1) is 0 Å². The van der Waals surface area contributed by atoms with Crippen molar-refractivity contribution >= 4 is 34.6 Å². The highest BCUT2D eigenvalue weighted by molar-refractivity contribution is 6.43. The first-order chi connectivity index (χ1) is 17.6. The summed E-state index contributed by atoms with van der Waals surface area (Å²) in [6.45, 7) is 1.82. The summed E-state index contributed by atoms with van der Waals surface area (Å²) in [5.41, 5.74) is 1.32. The second-order valence-corrected chi connectivity index (χ2v) is 8.71. The van der Waals surface area contributed by atoms with Gasteiger partial charge in [-0.25, -0.2) is 9.69 Å². The van der Waals surface area contributed by atoms with Gasteiger partial charge in [0.1, 0.15) is 0 Å².